The van der Waals surface area contributed by atoms with E-state index in [-0.39, 0.29) is 17.4 Å². The summed E-state index contributed by atoms with van der Waals surface area (Å²) in [4.78, 5) is 32.4. The maximum atomic E-state index is 12.9. The summed E-state index contributed by atoms with van der Waals surface area (Å²) < 4.78 is 12.9. The molecule has 0 bridgehead atoms. The number of aliphatic hydroxyl groups is 1. The summed E-state index contributed by atoms with van der Waals surface area (Å²) in [7, 11) is 4.38. The van der Waals surface area contributed by atoms with Gasteiger partial charge in [-0.3, -0.25) is 4.79 Å². The van der Waals surface area contributed by atoms with Gasteiger partial charge in [-0.25, -0.2) is 9.37 Å². The van der Waals surface area contributed by atoms with Crippen molar-refractivity contribution in [2.75, 3.05) is 33.7 Å². The Kier molecular flexibility index (Phi) is 11.5. The van der Waals surface area contributed by atoms with E-state index in [9.17, 15) is 14.0 Å². The highest BCUT2D eigenvalue weighted by molar-refractivity contribution is 6.10. The van der Waals surface area contributed by atoms with Gasteiger partial charge in [0, 0.05) is 25.7 Å². The van der Waals surface area contributed by atoms with Gasteiger partial charge in [0.05, 0.1) is 17.6 Å². The summed E-state index contributed by atoms with van der Waals surface area (Å²) in [6, 6.07) is 6.51. The highest BCUT2D eigenvalue weighted by Crippen LogP contribution is 2.28. The van der Waals surface area contributed by atoms with Crippen molar-refractivity contribution < 1.29 is 19.1 Å². The molecule has 1 atom stereocenters. The molecule has 0 amide bonds. The second-order valence-electron chi connectivity index (χ2n) is 10.1. The van der Waals surface area contributed by atoms with Crippen molar-refractivity contribution in [3.8, 4) is 0 Å². The van der Waals surface area contributed by atoms with Gasteiger partial charge >= 0.3 is 0 Å². The van der Waals surface area contributed by atoms with Gasteiger partial charge in [-0.1, -0.05) is 13.8 Å². The van der Waals surface area contributed by atoms with Crippen LogP contribution in [-0.4, -0.2) is 88.5 Å². The standard InChI is InChI=1S/C16H16FN3O.C7H16N2.C5H8O2/c1-10(2)14(16-19-8-13(9-21)20-16)7-15(18)11-3-5-12(17)6-4-11;1-7-6-8(2)4-5-9(7)3;6-4-5(7)2-1-3-5/h3-10,18H,1-2H3,(H,19,20);7H,4-6H2,1-3H3;4,7H,1-3H2/b14-7-,18-15?;;. The normalized spacial score (nSPS) is 19.6. The molecule has 2 heterocycles. The van der Waals surface area contributed by atoms with Crippen LogP contribution in [0.25, 0.3) is 5.57 Å². The third kappa shape index (κ3) is 9.42. The molecule has 1 aliphatic carbocycles. The Balaban J connectivity index is 0.000000244. The monoisotopic (exact) mass is 513 g/mol. The quantitative estimate of drug-likeness (QED) is 0.400. The first kappa shape index (κ1) is 30.2. The van der Waals surface area contributed by atoms with E-state index in [0.29, 0.717) is 42.5 Å². The summed E-state index contributed by atoms with van der Waals surface area (Å²) >= 11 is 0. The lowest BCUT2D eigenvalue weighted by molar-refractivity contribution is -0.131. The second-order valence-corrected chi connectivity index (χ2v) is 10.1. The SMILES string of the molecule is CC(C)/C(=C/C(=N)c1ccc(F)cc1)c1ncc(C=O)[nH]1.CC1CN(C)CCN1C.O=CC1(O)CCC1. The maximum absolute atomic E-state index is 12.9. The minimum atomic E-state index is -0.917. The van der Waals surface area contributed by atoms with Crippen molar-refractivity contribution in [3.05, 3.63) is 59.4 Å². The van der Waals surface area contributed by atoms with E-state index in [1.54, 1.807) is 18.2 Å². The van der Waals surface area contributed by atoms with E-state index in [1.807, 2.05) is 13.8 Å². The number of nitrogens with zero attached hydrogens (tertiary/aromatic N) is 3. The van der Waals surface area contributed by atoms with Gasteiger partial charge < -0.3 is 30.1 Å². The molecule has 0 spiro atoms. The molecule has 2 fully saturated rings. The third-order valence-corrected chi connectivity index (χ3v) is 6.67. The zero-order valence-electron chi connectivity index (χ0n) is 22.5. The number of hydrogen-bond acceptors (Lipinski definition) is 7. The predicted octanol–water partition coefficient (Wildman–Crippen LogP) is 3.82. The fourth-order valence-corrected chi connectivity index (χ4v) is 3.81. The third-order valence-electron chi connectivity index (χ3n) is 6.67. The molecule has 4 rings (SSSR count). The van der Waals surface area contributed by atoms with Crippen molar-refractivity contribution >= 4 is 23.9 Å². The smallest absolute Gasteiger partial charge is 0.167 e. The molecule has 1 saturated carbocycles. The van der Waals surface area contributed by atoms with Crippen molar-refractivity contribution in [1.29, 1.82) is 5.41 Å². The van der Waals surface area contributed by atoms with Crippen molar-refractivity contribution in [1.82, 2.24) is 19.8 Å². The van der Waals surface area contributed by atoms with Crippen LogP contribution in [0, 0.1) is 17.1 Å². The Bertz CT molecular complexity index is 1060. The molecule has 1 aliphatic heterocycles. The molecule has 37 heavy (non-hydrogen) atoms. The Hall–Kier alpha value is -3.01. The number of benzene rings is 1. The highest BCUT2D eigenvalue weighted by atomic mass is 19.1. The zero-order valence-corrected chi connectivity index (χ0v) is 22.5. The van der Waals surface area contributed by atoms with Gasteiger partial charge in [0.15, 0.2) is 12.6 Å². The largest absolute Gasteiger partial charge is 0.382 e. The average molecular weight is 514 g/mol. The van der Waals surface area contributed by atoms with Crippen LogP contribution in [0.2, 0.25) is 0 Å². The van der Waals surface area contributed by atoms with Crippen LogP contribution in [0.1, 0.15) is 61.9 Å². The summed E-state index contributed by atoms with van der Waals surface area (Å²) in [5.41, 5.74) is 1.18. The second kappa shape index (κ2) is 14.1. The molecule has 202 valence electrons. The van der Waals surface area contributed by atoms with Gasteiger partial charge in [-0.05, 0) is 87.7 Å². The first-order valence-electron chi connectivity index (χ1n) is 12.6. The van der Waals surface area contributed by atoms with Crippen LogP contribution in [0.4, 0.5) is 4.39 Å². The Morgan fingerprint density at radius 2 is 1.86 bits per heavy atom. The molecule has 2 aromatic rings. The van der Waals surface area contributed by atoms with Gasteiger partial charge in [0.2, 0.25) is 0 Å². The molecule has 9 heteroatoms. The van der Waals surface area contributed by atoms with Crippen LogP contribution < -0.4 is 0 Å². The number of piperazine rings is 1. The number of hydrogen-bond donors (Lipinski definition) is 3. The molecule has 1 unspecified atom stereocenters. The number of aromatic nitrogens is 2. The lowest BCUT2D eigenvalue weighted by atomic mass is 9.82. The molecule has 2 aliphatic rings. The molecule has 1 saturated heterocycles. The van der Waals surface area contributed by atoms with Gasteiger partial charge in [-0.15, -0.1) is 0 Å². The van der Waals surface area contributed by atoms with Crippen LogP contribution in [0.15, 0.2) is 36.5 Å². The van der Waals surface area contributed by atoms with E-state index >= 15 is 0 Å². The van der Waals surface area contributed by atoms with E-state index < -0.39 is 5.60 Å². The van der Waals surface area contributed by atoms with Crippen LogP contribution >= 0.6 is 0 Å². The van der Waals surface area contributed by atoms with E-state index in [1.165, 1.54) is 38.0 Å². The van der Waals surface area contributed by atoms with E-state index in [4.69, 9.17) is 10.5 Å². The van der Waals surface area contributed by atoms with Gasteiger partial charge in [-0.2, -0.15) is 0 Å². The Labute approximate surface area is 219 Å². The highest BCUT2D eigenvalue weighted by Gasteiger charge is 2.33. The summed E-state index contributed by atoms with van der Waals surface area (Å²) in [6.07, 6.45) is 6.80. The summed E-state index contributed by atoms with van der Waals surface area (Å²) in [5, 5.41) is 17.0. The number of likely N-dealkylation sites (N-methyl/N-ethyl adjacent to an activating group) is 2. The molecule has 1 aromatic carbocycles. The molecular formula is C28H40FN5O3. The number of aromatic amines is 1. The van der Waals surface area contributed by atoms with Gasteiger partial charge in [0.1, 0.15) is 17.2 Å². The number of allylic oxidation sites excluding steroid dienone is 2. The molecular weight excluding hydrogens is 473 g/mol. The molecule has 0 radical (unpaired) electrons. The molecule has 8 nitrogen and oxygen atoms in total. The number of imidazole rings is 1. The number of nitrogens with one attached hydrogen (secondary N) is 2. The van der Waals surface area contributed by atoms with Crippen LogP contribution in [0.3, 0.4) is 0 Å². The van der Waals surface area contributed by atoms with Crippen LogP contribution in [-0.2, 0) is 4.79 Å². The number of carbonyl (C=O) groups is 2. The fourth-order valence-electron chi connectivity index (χ4n) is 3.81. The number of carbonyl (C=O) groups excluding carboxylic acids is 2. The lowest BCUT2D eigenvalue weighted by Crippen LogP contribution is -2.48. The van der Waals surface area contributed by atoms with E-state index in [2.05, 4.69) is 40.8 Å². The fraction of sp³-hybridized carbons (Fsp3) is 0.500. The Morgan fingerprint density at radius 1 is 1.22 bits per heavy atom. The van der Waals surface area contributed by atoms with Crippen LogP contribution in [0.5, 0.6) is 0 Å². The summed E-state index contributed by atoms with van der Waals surface area (Å²) in [6.45, 7) is 9.89. The minimum Gasteiger partial charge on any atom is -0.382 e. The molecule has 1 aromatic heterocycles. The minimum absolute atomic E-state index is 0.122. The topological polar surface area (TPSA) is 113 Å². The zero-order chi connectivity index (χ0) is 27.6. The predicted molar refractivity (Wildman–Crippen MR) is 144 cm³/mol. The maximum Gasteiger partial charge on any atom is 0.167 e. The number of rotatable bonds is 6. The van der Waals surface area contributed by atoms with Crippen molar-refractivity contribution in [2.45, 2.75) is 51.7 Å². The summed E-state index contributed by atoms with van der Waals surface area (Å²) in [5.74, 6) is 0.358. The Morgan fingerprint density at radius 3 is 2.27 bits per heavy atom. The first-order valence-corrected chi connectivity index (χ1v) is 12.6. The molecule has 3 N–H and O–H groups in total. The van der Waals surface area contributed by atoms with Crippen molar-refractivity contribution in [2.24, 2.45) is 5.92 Å². The first-order chi connectivity index (χ1) is 17.5. The van der Waals surface area contributed by atoms with E-state index in [0.717, 1.165) is 18.0 Å². The number of halogens is 1. The van der Waals surface area contributed by atoms with Gasteiger partial charge in [0.25, 0.3) is 0 Å². The number of aldehydes is 2. The lowest BCUT2D eigenvalue weighted by Gasteiger charge is -2.35. The number of H-pyrrole nitrogens is 1. The van der Waals surface area contributed by atoms with Crippen molar-refractivity contribution in [3.63, 3.8) is 0 Å². The average Bonchev–Trinajstić information content (AvgIpc) is 3.33.